The molecule has 0 amide bonds. The van der Waals surface area contributed by atoms with E-state index in [0.29, 0.717) is 0 Å². The second-order valence-electron chi connectivity index (χ2n) is 8.18. The third-order valence-electron chi connectivity index (χ3n) is 3.80. The highest BCUT2D eigenvalue weighted by Crippen LogP contribution is 2.28. The van der Waals surface area contributed by atoms with Crippen molar-refractivity contribution in [1.29, 1.82) is 0 Å². The van der Waals surface area contributed by atoms with Crippen molar-refractivity contribution < 1.29 is 0 Å². The summed E-state index contributed by atoms with van der Waals surface area (Å²) in [6, 6.07) is 0. The van der Waals surface area contributed by atoms with Crippen molar-refractivity contribution >= 4 is 16.1 Å². The van der Waals surface area contributed by atoms with Crippen molar-refractivity contribution in [2.45, 2.75) is 59.6 Å². The van der Waals surface area contributed by atoms with Crippen molar-refractivity contribution in [2.75, 3.05) is 0 Å². The fraction of sp³-hybridized carbons (Fsp3) is 0.474. The van der Waals surface area contributed by atoms with Gasteiger partial charge in [-0.05, 0) is 25.8 Å². The Balaban J connectivity index is 3.09. The lowest BCUT2D eigenvalue weighted by Gasteiger charge is -2.22. The highest BCUT2D eigenvalue weighted by molar-refractivity contribution is 6.84. The number of hydrogen-bond acceptors (Lipinski definition) is 0. The Bertz CT molecular complexity index is 523. The van der Waals surface area contributed by atoms with E-state index < -0.39 is 16.1 Å². The minimum absolute atomic E-state index is 1.10. The molecular weight excluding hydrogens is 284 g/mol. The number of hydrogen-bond donors (Lipinski definition) is 0. The monoisotopic (exact) mass is 316 g/mol. The van der Waals surface area contributed by atoms with Crippen molar-refractivity contribution in [2.24, 2.45) is 0 Å². The quantitative estimate of drug-likeness (QED) is 0.404. The third kappa shape index (κ3) is 5.44. The Labute approximate surface area is 134 Å². The van der Waals surface area contributed by atoms with E-state index in [1.165, 1.54) is 11.1 Å². The van der Waals surface area contributed by atoms with Gasteiger partial charge >= 0.3 is 0 Å². The molecule has 0 atom stereocenters. The lowest BCUT2D eigenvalue weighted by atomic mass is 10.2. The summed E-state index contributed by atoms with van der Waals surface area (Å²) in [4.78, 5) is 0. The molecule has 2 heteroatoms. The van der Waals surface area contributed by atoms with Crippen LogP contribution in [0.25, 0.3) is 0 Å². The van der Waals surface area contributed by atoms with Crippen LogP contribution in [-0.2, 0) is 0 Å². The molecule has 0 heterocycles. The van der Waals surface area contributed by atoms with E-state index in [9.17, 15) is 0 Å². The molecule has 0 aliphatic heterocycles. The highest BCUT2D eigenvalue weighted by atomic mass is 28.3. The van der Waals surface area contributed by atoms with E-state index in [0.717, 1.165) is 6.42 Å². The standard InChI is InChI=1S/C19H32Si2/c1-16(2)18(20(3,4)5)14-11-15-19(21(6,7)8)17-12-9-10-13-17/h9-12,14-15H,13H2,1-8H3. The predicted octanol–water partition coefficient (Wildman–Crippen LogP) is 6.45. The maximum absolute atomic E-state index is 2.44. The summed E-state index contributed by atoms with van der Waals surface area (Å²) in [6.45, 7) is 19.1. The Morgan fingerprint density at radius 3 is 2.00 bits per heavy atom. The second-order valence-corrected chi connectivity index (χ2v) is 18.3. The molecule has 0 saturated carbocycles. The van der Waals surface area contributed by atoms with Gasteiger partial charge in [-0.2, -0.15) is 0 Å². The smallest absolute Gasteiger partial charge is 0.0779 e. The van der Waals surface area contributed by atoms with Crippen LogP contribution >= 0.6 is 0 Å². The molecule has 0 aromatic carbocycles. The molecule has 0 bridgehead atoms. The maximum atomic E-state index is 2.44. The van der Waals surface area contributed by atoms with Gasteiger partial charge < -0.3 is 0 Å². The summed E-state index contributed by atoms with van der Waals surface area (Å²) in [7, 11) is -2.55. The van der Waals surface area contributed by atoms with Crippen molar-refractivity contribution in [1.82, 2.24) is 0 Å². The average Bonchev–Trinajstić information content (AvgIpc) is 2.77. The van der Waals surface area contributed by atoms with Crippen LogP contribution in [0.5, 0.6) is 0 Å². The molecule has 0 spiro atoms. The summed E-state index contributed by atoms with van der Waals surface area (Å²) in [6.07, 6.45) is 14.9. The molecule has 0 aromatic rings. The van der Waals surface area contributed by atoms with E-state index in [-0.39, 0.29) is 0 Å². The number of allylic oxidation sites excluding steroid dienone is 10. The summed E-state index contributed by atoms with van der Waals surface area (Å²) in [5.41, 5.74) is 2.99. The van der Waals surface area contributed by atoms with Gasteiger partial charge in [0.1, 0.15) is 0 Å². The SMILES string of the molecule is CC(C)=C(C=CC=C(C1=CC=CC1)[Si](C)(C)C)[Si](C)(C)C. The van der Waals surface area contributed by atoms with Gasteiger partial charge in [-0.25, -0.2) is 0 Å². The molecule has 0 saturated heterocycles. The molecule has 0 N–H and O–H groups in total. The van der Waals surface area contributed by atoms with E-state index in [1.54, 1.807) is 10.4 Å². The molecule has 1 aliphatic rings. The fourth-order valence-electron chi connectivity index (χ4n) is 2.89. The lowest BCUT2D eigenvalue weighted by Crippen LogP contribution is -2.25. The van der Waals surface area contributed by atoms with Gasteiger partial charge in [0.2, 0.25) is 0 Å². The van der Waals surface area contributed by atoms with Crippen LogP contribution in [0.4, 0.5) is 0 Å². The van der Waals surface area contributed by atoms with Crippen LogP contribution in [0.15, 0.2) is 58.0 Å². The molecule has 0 aromatic heterocycles. The maximum Gasteiger partial charge on any atom is 0.0779 e. The molecular formula is C19H32Si2. The fourth-order valence-corrected chi connectivity index (χ4v) is 6.73. The first-order valence-electron chi connectivity index (χ1n) is 7.96. The summed E-state index contributed by atoms with van der Waals surface area (Å²) in [5.74, 6) is 0. The second kappa shape index (κ2) is 6.93. The van der Waals surface area contributed by atoms with Crippen LogP contribution in [0, 0.1) is 0 Å². The summed E-state index contributed by atoms with van der Waals surface area (Å²) >= 11 is 0. The lowest BCUT2D eigenvalue weighted by molar-refractivity contribution is 1.29. The van der Waals surface area contributed by atoms with Crippen molar-refractivity contribution in [3.8, 4) is 0 Å². The molecule has 0 fully saturated rings. The third-order valence-corrected chi connectivity index (χ3v) is 8.18. The van der Waals surface area contributed by atoms with E-state index in [2.05, 4.69) is 89.6 Å². The van der Waals surface area contributed by atoms with E-state index in [1.807, 2.05) is 0 Å². The first kappa shape index (κ1) is 18.2. The van der Waals surface area contributed by atoms with E-state index >= 15 is 0 Å². The molecule has 1 aliphatic carbocycles. The zero-order valence-corrected chi connectivity index (χ0v) is 17.2. The molecule has 0 nitrogen and oxygen atoms in total. The normalized spacial score (nSPS) is 16.6. The van der Waals surface area contributed by atoms with Crippen LogP contribution in [-0.4, -0.2) is 16.1 Å². The number of rotatable bonds is 5. The highest BCUT2D eigenvalue weighted by Gasteiger charge is 2.22. The summed E-state index contributed by atoms with van der Waals surface area (Å²) in [5, 5.41) is 3.17. The Kier molecular flexibility index (Phi) is 6.00. The molecule has 1 rings (SSSR count). The zero-order chi connectivity index (χ0) is 16.3. The molecule has 116 valence electrons. The zero-order valence-electron chi connectivity index (χ0n) is 15.2. The van der Waals surface area contributed by atoms with Crippen LogP contribution in [0.1, 0.15) is 20.3 Å². The Morgan fingerprint density at radius 1 is 1.00 bits per heavy atom. The molecule has 0 unspecified atom stereocenters. The first-order valence-corrected chi connectivity index (χ1v) is 15.0. The molecule has 21 heavy (non-hydrogen) atoms. The Morgan fingerprint density at radius 2 is 1.62 bits per heavy atom. The van der Waals surface area contributed by atoms with E-state index in [4.69, 9.17) is 0 Å². The summed E-state index contributed by atoms with van der Waals surface area (Å²) < 4.78 is 0. The van der Waals surface area contributed by atoms with Crippen molar-refractivity contribution in [3.63, 3.8) is 0 Å². The first-order chi connectivity index (χ1) is 9.53. The minimum atomic E-state index is -1.30. The topological polar surface area (TPSA) is 0 Å². The van der Waals surface area contributed by atoms with Gasteiger partial charge in [0.15, 0.2) is 0 Å². The van der Waals surface area contributed by atoms with Crippen molar-refractivity contribution in [3.05, 3.63) is 58.0 Å². The van der Waals surface area contributed by atoms with Gasteiger partial charge in [-0.15, -0.1) is 0 Å². The van der Waals surface area contributed by atoms with Gasteiger partial charge in [-0.1, -0.05) is 91.7 Å². The average molecular weight is 317 g/mol. The van der Waals surface area contributed by atoms with Gasteiger partial charge in [0.05, 0.1) is 16.1 Å². The Hall–Kier alpha value is -0.866. The van der Waals surface area contributed by atoms with Crippen LogP contribution in [0.3, 0.4) is 0 Å². The van der Waals surface area contributed by atoms with Crippen LogP contribution in [0.2, 0.25) is 39.3 Å². The predicted molar refractivity (Wildman–Crippen MR) is 104 cm³/mol. The van der Waals surface area contributed by atoms with Gasteiger partial charge in [-0.3, -0.25) is 0 Å². The minimum Gasteiger partial charge on any atom is -0.0801 e. The largest absolute Gasteiger partial charge is 0.0801 e. The van der Waals surface area contributed by atoms with Gasteiger partial charge in [0, 0.05) is 0 Å². The van der Waals surface area contributed by atoms with Gasteiger partial charge in [0.25, 0.3) is 0 Å². The molecule has 0 radical (unpaired) electrons. The van der Waals surface area contributed by atoms with Crippen LogP contribution < -0.4 is 0 Å².